The maximum Gasteiger partial charge on any atom is 0.251 e. The van der Waals surface area contributed by atoms with Gasteiger partial charge in [-0.3, -0.25) is 4.79 Å². The van der Waals surface area contributed by atoms with Crippen molar-refractivity contribution in [3.63, 3.8) is 0 Å². The van der Waals surface area contributed by atoms with Gasteiger partial charge < -0.3 is 25.6 Å². The van der Waals surface area contributed by atoms with E-state index < -0.39 is 0 Å². The van der Waals surface area contributed by atoms with Crippen molar-refractivity contribution < 1.29 is 9.53 Å². The molecule has 2 aliphatic rings. The Labute approximate surface area is 222 Å². The van der Waals surface area contributed by atoms with Gasteiger partial charge >= 0.3 is 0 Å². The first kappa shape index (κ1) is 27.0. The Morgan fingerprint density at radius 2 is 1.78 bits per heavy atom. The van der Waals surface area contributed by atoms with Crippen LogP contribution >= 0.6 is 0 Å². The summed E-state index contributed by atoms with van der Waals surface area (Å²) in [5.74, 6) is -0.0563. The molecule has 2 aromatic carbocycles. The Morgan fingerprint density at radius 3 is 2.49 bits per heavy atom. The average molecular weight is 503 g/mol. The molecule has 2 aromatic rings. The third-order valence-electron chi connectivity index (χ3n) is 7.34. The van der Waals surface area contributed by atoms with E-state index in [1.807, 2.05) is 13.0 Å². The van der Waals surface area contributed by atoms with Gasteiger partial charge in [0.15, 0.2) is 0 Å². The summed E-state index contributed by atoms with van der Waals surface area (Å²) in [6.07, 6.45) is 6.99. The summed E-state index contributed by atoms with van der Waals surface area (Å²) in [7, 11) is 4.16. The van der Waals surface area contributed by atoms with Crippen LogP contribution in [0.25, 0.3) is 11.1 Å². The standard InChI is InChI=1S/C31H42N4O2/c1-21-14-22(2)33-20-37-19-27(21)17-32-31(36)29-15-26(25-12-10-24(11-13-25)18-35(4)5)16-30(23(29)3)34-28-8-6-7-9-28/h10-16,28,33-34H,6-9,17-20H2,1-5H3,(H,32,36)/b22-14-,27-21-. The lowest BCUT2D eigenvalue weighted by Gasteiger charge is -2.21. The van der Waals surface area contributed by atoms with Gasteiger partial charge in [0.1, 0.15) is 6.73 Å². The fourth-order valence-corrected chi connectivity index (χ4v) is 5.13. The first-order valence-corrected chi connectivity index (χ1v) is 13.4. The lowest BCUT2D eigenvalue weighted by atomic mass is 9.96. The van der Waals surface area contributed by atoms with Crippen molar-refractivity contribution in [2.24, 2.45) is 0 Å². The van der Waals surface area contributed by atoms with E-state index in [1.54, 1.807) is 0 Å². The van der Waals surface area contributed by atoms with Crippen LogP contribution in [0.3, 0.4) is 0 Å². The Morgan fingerprint density at radius 1 is 1.05 bits per heavy atom. The highest BCUT2D eigenvalue weighted by Crippen LogP contribution is 2.32. The van der Waals surface area contributed by atoms with Gasteiger partial charge in [0, 0.05) is 36.1 Å². The molecular weight excluding hydrogens is 460 g/mol. The second-order valence-corrected chi connectivity index (χ2v) is 10.7. The second-order valence-electron chi connectivity index (χ2n) is 10.7. The van der Waals surface area contributed by atoms with Gasteiger partial charge in [-0.15, -0.1) is 0 Å². The summed E-state index contributed by atoms with van der Waals surface area (Å²) < 4.78 is 5.72. The number of benzene rings is 2. The van der Waals surface area contributed by atoms with Crippen molar-refractivity contribution in [3.05, 3.63) is 76.0 Å². The summed E-state index contributed by atoms with van der Waals surface area (Å²) in [4.78, 5) is 15.7. The van der Waals surface area contributed by atoms with E-state index in [1.165, 1.54) is 31.2 Å². The number of hydrogen-bond acceptors (Lipinski definition) is 5. The summed E-state index contributed by atoms with van der Waals surface area (Å²) in [6, 6.07) is 13.4. The molecule has 1 heterocycles. The van der Waals surface area contributed by atoms with E-state index in [-0.39, 0.29) is 5.91 Å². The predicted octanol–water partition coefficient (Wildman–Crippen LogP) is 5.61. The monoisotopic (exact) mass is 502 g/mol. The Bertz CT molecular complexity index is 1160. The molecule has 0 unspecified atom stereocenters. The molecule has 37 heavy (non-hydrogen) atoms. The van der Waals surface area contributed by atoms with Crippen LogP contribution in [0, 0.1) is 6.92 Å². The van der Waals surface area contributed by atoms with Gasteiger partial charge in [0.25, 0.3) is 5.91 Å². The molecule has 198 valence electrons. The van der Waals surface area contributed by atoms with E-state index in [0.717, 1.165) is 45.8 Å². The number of ether oxygens (including phenoxy) is 1. The normalized spacial score (nSPS) is 20.1. The minimum absolute atomic E-state index is 0.0563. The minimum Gasteiger partial charge on any atom is -0.382 e. The molecular formula is C31H42N4O2. The molecule has 3 N–H and O–H groups in total. The van der Waals surface area contributed by atoms with Gasteiger partial charge in [-0.2, -0.15) is 0 Å². The van der Waals surface area contributed by atoms with E-state index in [2.05, 4.69) is 85.2 Å². The van der Waals surface area contributed by atoms with Crippen LogP contribution in [0.5, 0.6) is 0 Å². The molecule has 0 radical (unpaired) electrons. The lowest BCUT2D eigenvalue weighted by molar-refractivity contribution is 0.0952. The largest absolute Gasteiger partial charge is 0.382 e. The van der Waals surface area contributed by atoms with Crippen molar-refractivity contribution in [1.29, 1.82) is 0 Å². The van der Waals surface area contributed by atoms with Crippen LogP contribution in [-0.2, 0) is 11.3 Å². The van der Waals surface area contributed by atoms with E-state index in [4.69, 9.17) is 4.74 Å². The Kier molecular flexibility index (Phi) is 9.06. The molecule has 0 atom stereocenters. The Hall–Kier alpha value is -3.09. The number of nitrogens with one attached hydrogen (secondary N) is 3. The zero-order valence-corrected chi connectivity index (χ0v) is 23.0. The highest BCUT2D eigenvalue weighted by Gasteiger charge is 2.20. The molecule has 6 nitrogen and oxygen atoms in total. The smallest absolute Gasteiger partial charge is 0.251 e. The van der Waals surface area contributed by atoms with Crippen LogP contribution in [0.1, 0.15) is 61.0 Å². The number of nitrogens with zero attached hydrogens (tertiary/aromatic N) is 1. The first-order chi connectivity index (χ1) is 17.8. The quantitative estimate of drug-likeness (QED) is 0.438. The first-order valence-electron chi connectivity index (χ1n) is 13.4. The zero-order valence-electron chi connectivity index (χ0n) is 23.0. The topological polar surface area (TPSA) is 65.6 Å². The summed E-state index contributed by atoms with van der Waals surface area (Å²) in [5.41, 5.74) is 9.48. The number of rotatable bonds is 8. The van der Waals surface area contributed by atoms with Gasteiger partial charge in [0.2, 0.25) is 0 Å². The molecule has 0 bridgehead atoms. The van der Waals surface area contributed by atoms with E-state index in [0.29, 0.717) is 31.5 Å². The average Bonchev–Trinajstić information content (AvgIpc) is 3.37. The third-order valence-corrected chi connectivity index (χ3v) is 7.34. The summed E-state index contributed by atoms with van der Waals surface area (Å²) in [5, 5.41) is 10.1. The van der Waals surface area contributed by atoms with Crippen LogP contribution in [0.15, 0.2) is 59.3 Å². The maximum absolute atomic E-state index is 13.5. The third kappa shape index (κ3) is 7.24. The summed E-state index contributed by atoms with van der Waals surface area (Å²) >= 11 is 0. The van der Waals surface area contributed by atoms with Gasteiger partial charge in [0.05, 0.1) is 6.61 Å². The highest BCUT2D eigenvalue weighted by molar-refractivity contribution is 5.99. The minimum atomic E-state index is -0.0563. The predicted molar refractivity (Wildman–Crippen MR) is 153 cm³/mol. The SMILES string of the molecule is C/C1=C/C(C)=C(/CNC(=O)c2cc(-c3ccc(CN(C)C)cc3)cc(NC3CCCC3)c2C)COCN1. The van der Waals surface area contributed by atoms with Gasteiger partial charge in [-0.05, 0) is 99.3 Å². The number of amides is 1. The molecule has 0 aromatic heterocycles. The molecule has 4 rings (SSSR count). The zero-order chi connectivity index (χ0) is 26.4. The molecule has 0 spiro atoms. The van der Waals surface area contributed by atoms with Crippen molar-refractivity contribution in [2.75, 3.05) is 39.3 Å². The Balaban J connectivity index is 1.61. The number of carbonyl (C=O) groups is 1. The van der Waals surface area contributed by atoms with E-state index in [9.17, 15) is 4.79 Å². The molecule has 1 saturated carbocycles. The van der Waals surface area contributed by atoms with Gasteiger partial charge in [-0.25, -0.2) is 0 Å². The molecule has 1 aliphatic heterocycles. The van der Waals surface area contributed by atoms with Crippen molar-refractivity contribution in [3.8, 4) is 11.1 Å². The summed E-state index contributed by atoms with van der Waals surface area (Å²) in [6.45, 7) is 8.47. The van der Waals surface area contributed by atoms with Crippen molar-refractivity contribution in [2.45, 2.75) is 59.0 Å². The fourth-order valence-electron chi connectivity index (χ4n) is 5.13. The molecule has 0 saturated heterocycles. The lowest BCUT2D eigenvalue weighted by Crippen LogP contribution is -2.29. The van der Waals surface area contributed by atoms with Crippen LogP contribution in [-0.4, -0.2) is 50.8 Å². The number of hydrogen-bond donors (Lipinski definition) is 3. The molecule has 6 heteroatoms. The fraction of sp³-hybridized carbons (Fsp3) is 0.452. The van der Waals surface area contributed by atoms with E-state index >= 15 is 0 Å². The molecule has 1 amide bonds. The van der Waals surface area contributed by atoms with Crippen LogP contribution in [0.2, 0.25) is 0 Å². The van der Waals surface area contributed by atoms with Gasteiger partial charge in [-0.1, -0.05) is 37.1 Å². The molecule has 1 fully saturated rings. The maximum atomic E-state index is 13.5. The number of allylic oxidation sites excluding steroid dienone is 3. The van der Waals surface area contributed by atoms with Crippen molar-refractivity contribution in [1.82, 2.24) is 15.5 Å². The van der Waals surface area contributed by atoms with Crippen LogP contribution in [0.4, 0.5) is 5.69 Å². The molecule has 1 aliphatic carbocycles. The highest BCUT2D eigenvalue weighted by atomic mass is 16.5. The van der Waals surface area contributed by atoms with Crippen LogP contribution < -0.4 is 16.0 Å². The number of anilines is 1. The van der Waals surface area contributed by atoms with Crippen molar-refractivity contribution >= 4 is 11.6 Å². The number of carbonyl (C=O) groups excluding carboxylic acids is 1. The second kappa shape index (κ2) is 12.4.